The second kappa shape index (κ2) is 8.34. The van der Waals surface area contributed by atoms with Crippen LogP contribution < -0.4 is 5.32 Å². The number of likely N-dealkylation sites (N-methyl/N-ethyl adjacent to an activating group) is 1. The number of hydrogen-bond donors (Lipinski definition) is 1. The fourth-order valence-corrected chi connectivity index (χ4v) is 2.56. The minimum atomic E-state index is 0.463. The standard InChI is InChI=1S/C17H30N2/c1-6-19(15(4)5)17(13-18-12-14(2)3)16-10-8-7-9-11-16/h7-11,14-15,17-18H,6,12-13H2,1-5H3. The number of nitrogens with one attached hydrogen (secondary N) is 1. The lowest BCUT2D eigenvalue weighted by Crippen LogP contribution is -2.40. The molecule has 1 unspecified atom stereocenters. The van der Waals surface area contributed by atoms with Gasteiger partial charge in [0.25, 0.3) is 0 Å². The fourth-order valence-electron chi connectivity index (χ4n) is 2.56. The molecule has 0 saturated heterocycles. The van der Waals surface area contributed by atoms with Crippen molar-refractivity contribution < 1.29 is 0 Å². The topological polar surface area (TPSA) is 15.3 Å². The van der Waals surface area contributed by atoms with Gasteiger partial charge in [0, 0.05) is 18.6 Å². The summed E-state index contributed by atoms with van der Waals surface area (Å²) in [7, 11) is 0. The van der Waals surface area contributed by atoms with Crippen molar-refractivity contribution in [1.82, 2.24) is 10.2 Å². The number of nitrogens with zero attached hydrogens (tertiary/aromatic N) is 1. The molecule has 1 N–H and O–H groups in total. The van der Waals surface area contributed by atoms with Crippen LogP contribution in [0.5, 0.6) is 0 Å². The van der Waals surface area contributed by atoms with Gasteiger partial charge in [0.05, 0.1) is 0 Å². The average Bonchev–Trinajstić information content (AvgIpc) is 2.38. The Morgan fingerprint density at radius 1 is 1.00 bits per heavy atom. The highest BCUT2D eigenvalue weighted by Gasteiger charge is 2.20. The van der Waals surface area contributed by atoms with Crippen LogP contribution in [0.4, 0.5) is 0 Å². The van der Waals surface area contributed by atoms with Crippen molar-refractivity contribution in [2.45, 2.75) is 46.7 Å². The van der Waals surface area contributed by atoms with Crippen molar-refractivity contribution in [2.75, 3.05) is 19.6 Å². The molecular formula is C17H30N2. The van der Waals surface area contributed by atoms with Crippen molar-refractivity contribution in [1.29, 1.82) is 0 Å². The third-order valence-corrected chi connectivity index (χ3v) is 3.50. The van der Waals surface area contributed by atoms with Crippen molar-refractivity contribution in [3.8, 4) is 0 Å². The second-order valence-electron chi connectivity index (χ2n) is 5.90. The minimum absolute atomic E-state index is 0.463. The Kier molecular flexibility index (Phi) is 7.11. The zero-order chi connectivity index (χ0) is 14.3. The number of hydrogen-bond acceptors (Lipinski definition) is 2. The van der Waals surface area contributed by atoms with Crippen molar-refractivity contribution >= 4 is 0 Å². The summed E-state index contributed by atoms with van der Waals surface area (Å²) in [6, 6.07) is 11.9. The van der Waals surface area contributed by atoms with Gasteiger partial charge in [0.2, 0.25) is 0 Å². The summed E-state index contributed by atoms with van der Waals surface area (Å²) in [6.45, 7) is 14.5. The van der Waals surface area contributed by atoms with Gasteiger partial charge >= 0.3 is 0 Å². The molecule has 1 atom stereocenters. The molecule has 1 rings (SSSR count). The third-order valence-electron chi connectivity index (χ3n) is 3.50. The van der Waals surface area contributed by atoms with Crippen LogP contribution >= 0.6 is 0 Å². The van der Waals surface area contributed by atoms with Crippen LogP contribution in [0.2, 0.25) is 0 Å². The van der Waals surface area contributed by atoms with Gasteiger partial charge in [-0.05, 0) is 38.4 Å². The van der Waals surface area contributed by atoms with Crippen LogP contribution in [0.15, 0.2) is 30.3 Å². The summed E-state index contributed by atoms with van der Waals surface area (Å²) in [5.74, 6) is 0.700. The molecule has 0 saturated carbocycles. The summed E-state index contributed by atoms with van der Waals surface area (Å²) in [5, 5.41) is 3.61. The van der Waals surface area contributed by atoms with Crippen LogP contribution in [-0.4, -0.2) is 30.6 Å². The summed E-state index contributed by atoms with van der Waals surface area (Å²) in [4.78, 5) is 2.56. The van der Waals surface area contributed by atoms with Gasteiger partial charge in [-0.15, -0.1) is 0 Å². The molecule has 1 aromatic carbocycles. The molecule has 19 heavy (non-hydrogen) atoms. The van der Waals surface area contributed by atoms with E-state index in [4.69, 9.17) is 0 Å². The first kappa shape index (κ1) is 16.2. The molecule has 0 radical (unpaired) electrons. The molecule has 0 fully saturated rings. The quantitative estimate of drug-likeness (QED) is 0.768. The molecule has 0 amide bonds. The lowest BCUT2D eigenvalue weighted by molar-refractivity contribution is 0.158. The first-order valence-electron chi connectivity index (χ1n) is 7.57. The second-order valence-corrected chi connectivity index (χ2v) is 5.90. The van der Waals surface area contributed by atoms with E-state index in [1.807, 2.05) is 0 Å². The molecule has 0 aromatic heterocycles. The van der Waals surface area contributed by atoms with Gasteiger partial charge in [-0.1, -0.05) is 51.1 Å². The van der Waals surface area contributed by atoms with Crippen molar-refractivity contribution in [3.05, 3.63) is 35.9 Å². The van der Waals surface area contributed by atoms with Crippen LogP contribution in [-0.2, 0) is 0 Å². The SMILES string of the molecule is CCN(C(C)C)C(CNCC(C)C)c1ccccc1. The summed E-state index contributed by atoms with van der Waals surface area (Å²) < 4.78 is 0. The summed E-state index contributed by atoms with van der Waals surface area (Å²) >= 11 is 0. The molecule has 0 aliphatic rings. The Hall–Kier alpha value is -0.860. The van der Waals surface area contributed by atoms with Gasteiger partial charge in [0.1, 0.15) is 0 Å². The van der Waals surface area contributed by atoms with Crippen LogP contribution in [0.25, 0.3) is 0 Å². The van der Waals surface area contributed by atoms with Crippen LogP contribution in [0.1, 0.15) is 46.2 Å². The molecule has 2 heteroatoms. The highest BCUT2D eigenvalue weighted by molar-refractivity contribution is 5.19. The predicted octanol–water partition coefficient (Wildman–Crippen LogP) is 3.70. The molecule has 0 heterocycles. The fraction of sp³-hybridized carbons (Fsp3) is 0.647. The first-order chi connectivity index (χ1) is 9.06. The van der Waals surface area contributed by atoms with Crippen LogP contribution in [0, 0.1) is 5.92 Å². The van der Waals surface area contributed by atoms with E-state index in [9.17, 15) is 0 Å². The zero-order valence-corrected chi connectivity index (χ0v) is 13.2. The van der Waals surface area contributed by atoms with E-state index in [0.717, 1.165) is 19.6 Å². The van der Waals surface area contributed by atoms with Gasteiger partial charge < -0.3 is 5.32 Å². The van der Waals surface area contributed by atoms with E-state index < -0.39 is 0 Å². The number of benzene rings is 1. The molecule has 2 nitrogen and oxygen atoms in total. The largest absolute Gasteiger partial charge is 0.315 e. The Morgan fingerprint density at radius 3 is 2.11 bits per heavy atom. The summed E-state index contributed by atoms with van der Waals surface area (Å²) in [5.41, 5.74) is 1.41. The maximum Gasteiger partial charge on any atom is 0.0475 e. The summed E-state index contributed by atoms with van der Waals surface area (Å²) in [6.07, 6.45) is 0. The normalized spacial score (nSPS) is 13.5. The number of rotatable bonds is 8. The lowest BCUT2D eigenvalue weighted by Gasteiger charge is -2.35. The maximum atomic E-state index is 3.61. The molecule has 0 aliphatic heterocycles. The Balaban J connectivity index is 2.78. The van der Waals surface area contributed by atoms with Crippen molar-refractivity contribution in [2.24, 2.45) is 5.92 Å². The zero-order valence-electron chi connectivity index (χ0n) is 13.2. The van der Waals surface area contributed by atoms with Crippen molar-refractivity contribution in [3.63, 3.8) is 0 Å². The van der Waals surface area contributed by atoms with E-state index in [2.05, 4.69) is 75.2 Å². The van der Waals surface area contributed by atoms with E-state index in [0.29, 0.717) is 18.0 Å². The highest BCUT2D eigenvalue weighted by atomic mass is 15.2. The third kappa shape index (κ3) is 5.33. The van der Waals surface area contributed by atoms with Gasteiger partial charge in [-0.25, -0.2) is 0 Å². The Bertz CT molecular complexity index is 332. The smallest absolute Gasteiger partial charge is 0.0475 e. The maximum absolute atomic E-state index is 3.61. The van der Waals surface area contributed by atoms with E-state index >= 15 is 0 Å². The lowest BCUT2D eigenvalue weighted by atomic mass is 10.0. The molecule has 0 bridgehead atoms. The molecule has 1 aromatic rings. The molecule has 0 aliphatic carbocycles. The Morgan fingerprint density at radius 2 is 1.63 bits per heavy atom. The van der Waals surface area contributed by atoms with Gasteiger partial charge in [-0.3, -0.25) is 4.90 Å². The molecular weight excluding hydrogens is 232 g/mol. The molecule has 108 valence electrons. The van der Waals surface area contributed by atoms with Gasteiger partial charge in [0.15, 0.2) is 0 Å². The Labute approximate surface area is 119 Å². The van der Waals surface area contributed by atoms with Gasteiger partial charge in [-0.2, -0.15) is 0 Å². The molecule has 0 spiro atoms. The van der Waals surface area contributed by atoms with E-state index in [1.165, 1.54) is 5.56 Å². The average molecular weight is 262 g/mol. The predicted molar refractivity (Wildman–Crippen MR) is 84.4 cm³/mol. The van der Waals surface area contributed by atoms with E-state index in [1.54, 1.807) is 0 Å². The first-order valence-corrected chi connectivity index (χ1v) is 7.57. The monoisotopic (exact) mass is 262 g/mol. The van der Waals surface area contributed by atoms with E-state index in [-0.39, 0.29) is 0 Å². The highest BCUT2D eigenvalue weighted by Crippen LogP contribution is 2.22. The van der Waals surface area contributed by atoms with Crippen LogP contribution in [0.3, 0.4) is 0 Å². The minimum Gasteiger partial charge on any atom is -0.315 e.